The van der Waals surface area contributed by atoms with E-state index in [0.717, 1.165) is 30.7 Å². The van der Waals surface area contributed by atoms with E-state index in [0.29, 0.717) is 26.1 Å². The molecule has 1 heterocycles. The van der Waals surface area contributed by atoms with Gasteiger partial charge in [0.25, 0.3) is 0 Å². The van der Waals surface area contributed by atoms with Crippen molar-refractivity contribution in [2.24, 2.45) is 17.8 Å². The standard InChI is InChI=1S/C15H24N2O3/c18-14(4-6-17-7-8-20-15(17)19)16-5-3-13-10-11-1-2-12(13)9-11/h11-13H,1-10H2,(H,16,18). The van der Waals surface area contributed by atoms with Crippen molar-refractivity contribution in [2.45, 2.75) is 38.5 Å². The maximum Gasteiger partial charge on any atom is 0.409 e. The lowest BCUT2D eigenvalue weighted by molar-refractivity contribution is -0.121. The number of amides is 2. The second kappa shape index (κ2) is 6.02. The predicted octanol–water partition coefficient (Wildman–Crippen LogP) is 1.77. The summed E-state index contributed by atoms with van der Waals surface area (Å²) in [4.78, 5) is 24.6. The van der Waals surface area contributed by atoms with E-state index in [1.165, 1.54) is 25.7 Å². The summed E-state index contributed by atoms with van der Waals surface area (Å²) in [6.07, 6.45) is 6.85. The Hall–Kier alpha value is -1.26. The summed E-state index contributed by atoms with van der Waals surface area (Å²) in [5, 5.41) is 2.99. The molecule has 0 spiro atoms. The molecule has 1 aliphatic heterocycles. The number of carbonyl (C=O) groups is 2. The minimum atomic E-state index is -0.292. The van der Waals surface area contributed by atoms with Gasteiger partial charge < -0.3 is 15.0 Å². The smallest absolute Gasteiger partial charge is 0.409 e. The molecule has 5 nitrogen and oxygen atoms in total. The number of ether oxygens (including phenoxy) is 1. The number of nitrogens with one attached hydrogen (secondary N) is 1. The van der Waals surface area contributed by atoms with Crippen LogP contribution in [0.1, 0.15) is 38.5 Å². The van der Waals surface area contributed by atoms with Crippen LogP contribution >= 0.6 is 0 Å². The van der Waals surface area contributed by atoms with Crippen molar-refractivity contribution in [3.8, 4) is 0 Å². The molecule has 2 aliphatic carbocycles. The maximum atomic E-state index is 11.8. The van der Waals surface area contributed by atoms with E-state index >= 15 is 0 Å². The third kappa shape index (κ3) is 3.07. The highest BCUT2D eigenvalue weighted by atomic mass is 16.6. The second-order valence-electron chi connectivity index (χ2n) is 6.42. The minimum absolute atomic E-state index is 0.0489. The fraction of sp³-hybridized carbons (Fsp3) is 0.867. The zero-order chi connectivity index (χ0) is 13.9. The summed E-state index contributed by atoms with van der Waals surface area (Å²) in [6, 6.07) is 0. The normalized spacial score (nSPS) is 31.7. The third-order valence-corrected chi connectivity index (χ3v) is 5.18. The van der Waals surface area contributed by atoms with Crippen LogP contribution in [0.5, 0.6) is 0 Å². The first-order valence-corrected chi connectivity index (χ1v) is 7.91. The van der Waals surface area contributed by atoms with Crippen LogP contribution < -0.4 is 5.32 Å². The number of nitrogens with zero attached hydrogens (tertiary/aromatic N) is 1. The summed E-state index contributed by atoms with van der Waals surface area (Å²) < 4.78 is 4.83. The zero-order valence-corrected chi connectivity index (χ0v) is 12.0. The first-order chi connectivity index (χ1) is 9.72. The highest BCUT2D eigenvalue weighted by Gasteiger charge is 2.38. The summed E-state index contributed by atoms with van der Waals surface area (Å²) in [5.74, 6) is 2.79. The number of hydrogen-bond acceptors (Lipinski definition) is 3. The molecule has 0 aromatic heterocycles. The van der Waals surface area contributed by atoms with Gasteiger partial charge in [-0.1, -0.05) is 6.42 Å². The Kier molecular flexibility index (Phi) is 4.13. The summed E-state index contributed by atoms with van der Waals surface area (Å²) in [6.45, 7) is 2.32. The van der Waals surface area contributed by atoms with Crippen LogP contribution in [0.25, 0.3) is 0 Å². The van der Waals surface area contributed by atoms with Crippen molar-refractivity contribution in [3.05, 3.63) is 0 Å². The average Bonchev–Trinajstić information content (AvgIpc) is 3.13. The molecule has 3 aliphatic rings. The molecule has 2 bridgehead atoms. The van der Waals surface area contributed by atoms with Crippen LogP contribution in [-0.2, 0) is 9.53 Å². The van der Waals surface area contributed by atoms with E-state index in [1.54, 1.807) is 4.90 Å². The number of carbonyl (C=O) groups excluding carboxylic acids is 2. The fourth-order valence-corrected chi connectivity index (χ4v) is 4.08. The van der Waals surface area contributed by atoms with Crippen LogP contribution in [0.2, 0.25) is 0 Å². The lowest BCUT2D eigenvalue weighted by Crippen LogP contribution is -2.32. The molecule has 5 heteroatoms. The van der Waals surface area contributed by atoms with Gasteiger partial charge in [0.05, 0.1) is 6.54 Å². The van der Waals surface area contributed by atoms with Crippen LogP contribution in [0, 0.1) is 17.8 Å². The summed E-state index contributed by atoms with van der Waals surface area (Å²) in [5.41, 5.74) is 0. The molecule has 0 aromatic rings. The van der Waals surface area contributed by atoms with Crippen LogP contribution in [0.15, 0.2) is 0 Å². The molecular formula is C15H24N2O3. The Bertz CT molecular complexity index is 385. The molecule has 3 atom stereocenters. The van der Waals surface area contributed by atoms with E-state index in [1.807, 2.05) is 0 Å². The molecule has 0 radical (unpaired) electrons. The van der Waals surface area contributed by atoms with E-state index in [2.05, 4.69) is 5.32 Å². The van der Waals surface area contributed by atoms with Gasteiger partial charge in [-0.2, -0.15) is 0 Å². The van der Waals surface area contributed by atoms with Gasteiger partial charge >= 0.3 is 6.09 Å². The third-order valence-electron chi connectivity index (χ3n) is 5.18. The second-order valence-corrected chi connectivity index (χ2v) is 6.42. The van der Waals surface area contributed by atoms with Gasteiger partial charge in [0.2, 0.25) is 5.91 Å². The minimum Gasteiger partial charge on any atom is -0.448 e. The van der Waals surface area contributed by atoms with Crippen molar-refractivity contribution >= 4 is 12.0 Å². The largest absolute Gasteiger partial charge is 0.448 e. The summed E-state index contributed by atoms with van der Waals surface area (Å²) >= 11 is 0. The lowest BCUT2D eigenvalue weighted by Gasteiger charge is -2.21. The summed E-state index contributed by atoms with van der Waals surface area (Å²) in [7, 11) is 0. The fourth-order valence-electron chi connectivity index (χ4n) is 4.08. The quantitative estimate of drug-likeness (QED) is 0.806. The van der Waals surface area contributed by atoms with Gasteiger partial charge in [0.15, 0.2) is 0 Å². The molecule has 3 unspecified atom stereocenters. The van der Waals surface area contributed by atoms with Gasteiger partial charge in [-0.15, -0.1) is 0 Å². The van der Waals surface area contributed by atoms with Gasteiger partial charge in [-0.3, -0.25) is 4.79 Å². The zero-order valence-electron chi connectivity index (χ0n) is 12.0. The predicted molar refractivity (Wildman–Crippen MR) is 74.1 cm³/mol. The molecule has 2 saturated carbocycles. The molecule has 3 rings (SSSR count). The number of hydrogen-bond donors (Lipinski definition) is 1. The SMILES string of the molecule is O=C(CCN1CCOC1=O)NCCC1CC2CCC1C2. The Morgan fingerprint density at radius 3 is 2.90 bits per heavy atom. The first-order valence-electron chi connectivity index (χ1n) is 7.91. The lowest BCUT2D eigenvalue weighted by atomic mass is 9.86. The Balaban J connectivity index is 1.28. The molecule has 20 heavy (non-hydrogen) atoms. The highest BCUT2D eigenvalue weighted by Crippen LogP contribution is 2.49. The van der Waals surface area contributed by atoms with Crippen molar-refractivity contribution in [2.75, 3.05) is 26.2 Å². The van der Waals surface area contributed by atoms with E-state index in [4.69, 9.17) is 4.74 Å². The Morgan fingerprint density at radius 2 is 2.25 bits per heavy atom. The molecule has 112 valence electrons. The van der Waals surface area contributed by atoms with Gasteiger partial charge in [0.1, 0.15) is 6.61 Å². The van der Waals surface area contributed by atoms with Crippen LogP contribution in [0.3, 0.4) is 0 Å². The van der Waals surface area contributed by atoms with Crippen molar-refractivity contribution in [1.29, 1.82) is 0 Å². The number of rotatable bonds is 6. The average molecular weight is 280 g/mol. The van der Waals surface area contributed by atoms with Gasteiger partial charge in [-0.25, -0.2) is 4.79 Å². The Morgan fingerprint density at radius 1 is 1.35 bits per heavy atom. The number of cyclic esters (lactones) is 1. The molecular weight excluding hydrogens is 256 g/mol. The molecule has 2 amide bonds. The highest BCUT2D eigenvalue weighted by molar-refractivity contribution is 5.77. The molecule has 0 aromatic carbocycles. The van der Waals surface area contributed by atoms with Crippen molar-refractivity contribution in [3.63, 3.8) is 0 Å². The molecule has 3 fully saturated rings. The monoisotopic (exact) mass is 280 g/mol. The van der Waals surface area contributed by atoms with E-state index in [-0.39, 0.29) is 12.0 Å². The Labute approximate surface area is 120 Å². The van der Waals surface area contributed by atoms with Crippen molar-refractivity contribution in [1.82, 2.24) is 10.2 Å². The van der Waals surface area contributed by atoms with E-state index in [9.17, 15) is 9.59 Å². The topological polar surface area (TPSA) is 58.6 Å². The number of fused-ring (bicyclic) bond motifs is 2. The van der Waals surface area contributed by atoms with Gasteiger partial charge in [0, 0.05) is 19.5 Å². The molecule has 1 saturated heterocycles. The van der Waals surface area contributed by atoms with Gasteiger partial charge in [-0.05, 0) is 43.4 Å². The van der Waals surface area contributed by atoms with Crippen LogP contribution in [-0.4, -0.2) is 43.1 Å². The maximum absolute atomic E-state index is 11.8. The molecule has 1 N–H and O–H groups in total. The van der Waals surface area contributed by atoms with Crippen molar-refractivity contribution < 1.29 is 14.3 Å². The van der Waals surface area contributed by atoms with E-state index < -0.39 is 0 Å². The van der Waals surface area contributed by atoms with Crippen LogP contribution in [0.4, 0.5) is 4.79 Å². The first kappa shape index (κ1) is 13.7.